The predicted molar refractivity (Wildman–Crippen MR) is 63.7 cm³/mol. The van der Waals surface area contributed by atoms with Crippen LogP contribution in [0.2, 0.25) is 0 Å². The molecule has 1 aromatic heterocycles. The Hall–Kier alpha value is -1.09. The first-order valence-corrected chi connectivity index (χ1v) is 5.95. The van der Waals surface area contributed by atoms with Crippen LogP contribution in [-0.2, 0) is 13.0 Å². The highest BCUT2D eigenvalue weighted by molar-refractivity contribution is 9.10. The van der Waals surface area contributed by atoms with Crippen LogP contribution in [0.25, 0.3) is 11.3 Å². The molecule has 0 saturated carbocycles. The molecule has 76 valence electrons. The summed E-state index contributed by atoms with van der Waals surface area (Å²) >= 11 is 3.56. The van der Waals surface area contributed by atoms with Gasteiger partial charge in [0.15, 0.2) is 0 Å². The van der Waals surface area contributed by atoms with Crippen molar-refractivity contribution in [2.24, 2.45) is 0 Å². The molecule has 0 radical (unpaired) electrons. The molecule has 0 atom stereocenters. The number of imidazole rings is 1. The monoisotopic (exact) mass is 262 g/mol. The molecule has 1 aromatic carbocycles. The molecule has 15 heavy (non-hydrogen) atoms. The van der Waals surface area contributed by atoms with Crippen LogP contribution in [0.15, 0.2) is 34.9 Å². The quantitative estimate of drug-likeness (QED) is 0.772. The minimum absolute atomic E-state index is 1.08. The normalized spacial score (nSPS) is 14.2. The minimum Gasteiger partial charge on any atom is -0.334 e. The average molecular weight is 263 g/mol. The molecule has 0 saturated heterocycles. The van der Waals surface area contributed by atoms with Crippen molar-refractivity contribution in [3.8, 4) is 11.3 Å². The third-order valence-electron chi connectivity index (χ3n) is 2.81. The van der Waals surface area contributed by atoms with E-state index in [1.165, 1.54) is 17.8 Å². The van der Waals surface area contributed by atoms with Crippen LogP contribution in [0.3, 0.4) is 0 Å². The van der Waals surface area contributed by atoms with Crippen LogP contribution in [-0.4, -0.2) is 9.55 Å². The summed E-state index contributed by atoms with van der Waals surface area (Å²) in [4.78, 5) is 4.65. The molecule has 0 N–H and O–H groups in total. The summed E-state index contributed by atoms with van der Waals surface area (Å²) in [5, 5.41) is 0. The van der Waals surface area contributed by atoms with Gasteiger partial charge in [0.25, 0.3) is 0 Å². The minimum atomic E-state index is 1.08. The number of aryl methyl sites for hydroxylation is 2. The van der Waals surface area contributed by atoms with Crippen molar-refractivity contribution in [2.75, 3.05) is 0 Å². The largest absolute Gasteiger partial charge is 0.334 e. The molecule has 0 bridgehead atoms. The summed E-state index contributed by atoms with van der Waals surface area (Å²) in [5.74, 6) is 1.22. The number of benzene rings is 1. The second-order valence-electron chi connectivity index (χ2n) is 3.82. The summed E-state index contributed by atoms with van der Waals surface area (Å²) in [7, 11) is 0. The van der Waals surface area contributed by atoms with Crippen LogP contribution >= 0.6 is 15.9 Å². The lowest BCUT2D eigenvalue weighted by atomic mass is 10.2. The van der Waals surface area contributed by atoms with Crippen molar-refractivity contribution >= 4 is 15.9 Å². The van der Waals surface area contributed by atoms with Crippen LogP contribution in [0.5, 0.6) is 0 Å². The Kier molecular flexibility index (Phi) is 2.13. The highest BCUT2D eigenvalue weighted by Gasteiger charge is 2.15. The van der Waals surface area contributed by atoms with Gasteiger partial charge in [-0.05, 0) is 12.5 Å². The first-order valence-electron chi connectivity index (χ1n) is 5.15. The number of rotatable bonds is 1. The lowest BCUT2D eigenvalue weighted by molar-refractivity contribution is 0.750. The summed E-state index contributed by atoms with van der Waals surface area (Å²) < 4.78 is 3.37. The SMILES string of the molecule is Brc1ccccc1-c1cn2c(n1)CCC2. The van der Waals surface area contributed by atoms with Gasteiger partial charge in [0.05, 0.1) is 5.69 Å². The Morgan fingerprint density at radius 2 is 2.13 bits per heavy atom. The first-order chi connectivity index (χ1) is 7.34. The van der Waals surface area contributed by atoms with Gasteiger partial charge in [-0.15, -0.1) is 0 Å². The number of fused-ring (bicyclic) bond motifs is 1. The van der Waals surface area contributed by atoms with Crippen molar-refractivity contribution in [1.82, 2.24) is 9.55 Å². The Bertz CT molecular complexity index is 481. The van der Waals surface area contributed by atoms with E-state index in [4.69, 9.17) is 0 Å². The second kappa shape index (κ2) is 3.49. The average Bonchev–Trinajstić information content (AvgIpc) is 2.77. The number of hydrogen-bond donors (Lipinski definition) is 0. The molecular weight excluding hydrogens is 252 g/mol. The van der Waals surface area contributed by atoms with E-state index in [-0.39, 0.29) is 0 Å². The zero-order valence-corrected chi connectivity index (χ0v) is 9.87. The molecule has 2 nitrogen and oxygen atoms in total. The molecule has 0 amide bonds. The molecule has 1 aliphatic rings. The molecule has 0 aliphatic carbocycles. The van der Waals surface area contributed by atoms with Crippen molar-refractivity contribution in [3.63, 3.8) is 0 Å². The van der Waals surface area contributed by atoms with E-state index in [0.717, 1.165) is 23.1 Å². The lowest BCUT2D eigenvalue weighted by Crippen LogP contribution is -1.87. The maximum atomic E-state index is 4.65. The Morgan fingerprint density at radius 1 is 1.27 bits per heavy atom. The van der Waals surface area contributed by atoms with Crippen LogP contribution in [0.4, 0.5) is 0 Å². The zero-order chi connectivity index (χ0) is 10.3. The van der Waals surface area contributed by atoms with Gasteiger partial charge in [0, 0.05) is 29.2 Å². The first kappa shape index (κ1) is 9.16. The van der Waals surface area contributed by atoms with E-state index in [9.17, 15) is 0 Å². The molecule has 2 heterocycles. The fraction of sp³-hybridized carbons (Fsp3) is 0.250. The van der Waals surface area contributed by atoms with Gasteiger partial charge in [-0.25, -0.2) is 4.98 Å². The van der Waals surface area contributed by atoms with Gasteiger partial charge in [-0.2, -0.15) is 0 Å². The highest BCUT2D eigenvalue weighted by atomic mass is 79.9. The molecule has 1 aliphatic heterocycles. The number of nitrogens with zero attached hydrogens (tertiary/aromatic N) is 2. The van der Waals surface area contributed by atoms with Crippen molar-refractivity contribution in [3.05, 3.63) is 40.8 Å². The molecular formula is C12H11BrN2. The topological polar surface area (TPSA) is 17.8 Å². The van der Waals surface area contributed by atoms with E-state index in [0.29, 0.717) is 0 Å². The van der Waals surface area contributed by atoms with Crippen LogP contribution < -0.4 is 0 Å². The zero-order valence-electron chi connectivity index (χ0n) is 8.28. The third kappa shape index (κ3) is 1.51. The predicted octanol–water partition coefficient (Wildman–Crippen LogP) is 3.26. The highest BCUT2D eigenvalue weighted by Crippen LogP contribution is 2.28. The van der Waals surface area contributed by atoms with Gasteiger partial charge >= 0.3 is 0 Å². The Morgan fingerprint density at radius 3 is 2.93 bits per heavy atom. The van der Waals surface area contributed by atoms with Gasteiger partial charge in [-0.3, -0.25) is 0 Å². The summed E-state index contributed by atoms with van der Waals surface area (Å²) in [6.07, 6.45) is 4.51. The molecule has 0 unspecified atom stereocenters. The van der Waals surface area contributed by atoms with E-state index in [1.807, 2.05) is 12.1 Å². The molecule has 2 aromatic rings. The maximum absolute atomic E-state index is 4.65. The van der Waals surface area contributed by atoms with E-state index in [2.05, 4.69) is 43.8 Å². The fourth-order valence-corrected chi connectivity index (χ4v) is 2.54. The number of aromatic nitrogens is 2. The second-order valence-corrected chi connectivity index (χ2v) is 4.67. The van der Waals surface area contributed by atoms with Gasteiger partial charge in [-0.1, -0.05) is 34.1 Å². The van der Waals surface area contributed by atoms with Crippen LogP contribution in [0.1, 0.15) is 12.2 Å². The number of hydrogen-bond acceptors (Lipinski definition) is 1. The molecule has 0 fully saturated rings. The van der Waals surface area contributed by atoms with Gasteiger partial charge in [0.2, 0.25) is 0 Å². The van der Waals surface area contributed by atoms with Crippen molar-refractivity contribution < 1.29 is 0 Å². The third-order valence-corrected chi connectivity index (χ3v) is 3.50. The Balaban J connectivity index is 2.10. The van der Waals surface area contributed by atoms with Crippen LogP contribution in [0, 0.1) is 0 Å². The van der Waals surface area contributed by atoms with Gasteiger partial charge in [0.1, 0.15) is 5.82 Å². The van der Waals surface area contributed by atoms with Crippen molar-refractivity contribution in [2.45, 2.75) is 19.4 Å². The summed E-state index contributed by atoms with van der Waals surface area (Å²) in [6, 6.07) is 8.23. The van der Waals surface area contributed by atoms with Gasteiger partial charge < -0.3 is 4.57 Å². The standard InChI is InChI=1S/C12H11BrN2/c13-10-5-2-1-4-9(10)11-8-15-7-3-6-12(15)14-11/h1-2,4-5,8H,3,6-7H2. The number of halogens is 1. The molecule has 0 spiro atoms. The van der Waals surface area contributed by atoms with Crippen molar-refractivity contribution in [1.29, 1.82) is 0 Å². The lowest BCUT2D eigenvalue weighted by Gasteiger charge is -1.99. The molecule has 3 rings (SSSR count). The Labute approximate surface area is 97.1 Å². The summed E-state index contributed by atoms with van der Waals surface area (Å²) in [5.41, 5.74) is 2.26. The fourth-order valence-electron chi connectivity index (χ4n) is 2.05. The molecule has 3 heteroatoms. The maximum Gasteiger partial charge on any atom is 0.109 e. The van der Waals surface area contributed by atoms with E-state index < -0.39 is 0 Å². The summed E-state index contributed by atoms with van der Waals surface area (Å²) in [6.45, 7) is 1.12. The smallest absolute Gasteiger partial charge is 0.109 e. The van der Waals surface area contributed by atoms with E-state index >= 15 is 0 Å². The van der Waals surface area contributed by atoms with E-state index in [1.54, 1.807) is 0 Å².